The summed E-state index contributed by atoms with van der Waals surface area (Å²) in [4.78, 5) is 15.1. The van der Waals surface area contributed by atoms with Crippen LogP contribution >= 0.6 is 0 Å². The Morgan fingerprint density at radius 2 is 1.60 bits per heavy atom. The van der Waals surface area contributed by atoms with Crippen molar-refractivity contribution in [3.05, 3.63) is 60.2 Å². The van der Waals surface area contributed by atoms with Crippen LogP contribution in [0.4, 0.5) is 5.69 Å². The number of ether oxygens (including phenoxy) is 1. The first-order valence-electron chi connectivity index (χ1n) is 9.31. The third-order valence-corrected chi connectivity index (χ3v) is 5.79. The van der Waals surface area contributed by atoms with Crippen molar-refractivity contribution < 1.29 is 9.53 Å². The second kappa shape index (κ2) is 6.91. The molecule has 0 radical (unpaired) electrons. The fourth-order valence-electron chi connectivity index (χ4n) is 4.51. The lowest BCUT2D eigenvalue weighted by Gasteiger charge is -2.52. The van der Waals surface area contributed by atoms with Gasteiger partial charge in [0.15, 0.2) is 0 Å². The van der Waals surface area contributed by atoms with Gasteiger partial charge in [0.2, 0.25) is 5.91 Å². The molecule has 4 rings (SSSR count). The quantitative estimate of drug-likeness (QED) is 0.753. The number of hydrogen-bond donors (Lipinski definition) is 0. The Morgan fingerprint density at radius 1 is 0.920 bits per heavy atom. The molecular weight excluding hydrogens is 310 g/mol. The first-order valence-corrected chi connectivity index (χ1v) is 9.31. The summed E-state index contributed by atoms with van der Waals surface area (Å²) in [6, 6.07) is 18.5. The van der Waals surface area contributed by atoms with Crippen LogP contribution in [0.3, 0.4) is 0 Å². The predicted molar refractivity (Wildman–Crippen MR) is 100 cm³/mol. The van der Waals surface area contributed by atoms with Crippen LogP contribution in [-0.2, 0) is 4.79 Å². The molecule has 0 spiro atoms. The monoisotopic (exact) mass is 335 g/mol. The van der Waals surface area contributed by atoms with Gasteiger partial charge in [-0.3, -0.25) is 4.79 Å². The molecule has 0 unspecified atom stereocenters. The maximum atomic E-state index is 13.1. The smallest absolute Gasteiger partial charge is 0.236 e. The number of para-hydroxylation sites is 1. The van der Waals surface area contributed by atoms with E-state index >= 15 is 0 Å². The van der Waals surface area contributed by atoms with Crippen molar-refractivity contribution in [2.24, 2.45) is 5.92 Å². The second-order valence-electron chi connectivity index (χ2n) is 7.18. The Bertz CT molecular complexity index is 719. The van der Waals surface area contributed by atoms with E-state index in [-0.39, 0.29) is 17.9 Å². The Hall–Kier alpha value is -2.29. The molecule has 2 atom stereocenters. The van der Waals surface area contributed by atoms with Crippen molar-refractivity contribution in [2.45, 2.75) is 44.1 Å². The van der Waals surface area contributed by atoms with Crippen molar-refractivity contribution in [3.63, 3.8) is 0 Å². The average Bonchev–Trinajstić information content (AvgIpc) is 2.68. The molecule has 0 aromatic heterocycles. The molecule has 0 bridgehead atoms. The highest BCUT2D eigenvalue weighted by Gasteiger charge is 2.52. The van der Waals surface area contributed by atoms with Crippen LogP contribution in [0.2, 0.25) is 0 Å². The molecule has 1 amide bonds. The highest BCUT2D eigenvalue weighted by atomic mass is 16.5. The van der Waals surface area contributed by atoms with E-state index in [9.17, 15) is 4.79 Å². The van der Waals surface area contributed by atoms with Crippen LogP contribution in [0, 0.1) is 5.92 Å². The molecular formula is C22H25NO2. The summed E-state index contributed by atoms with van der Waals surface area (Å²) in [5.41, 5.74) is 2.15. The number of carbonyl (C=O) groups is 1. The van der Waals surface area contributed by atoms with Gasteiger partial charge in [-0.25, -0.2) is 0 Å². The summed E-state index contributed by atoms with van der Waals surface area (Å²) < 4.78 is 5.27. The van der Waals surface area contributed by atoms with E-state index in [0.717, 1.165) is 17.0 Å². The number of methoxy groups -OCH3 is 1. The Balaban J connectivity index is 1.66. The van der Waals surface area contributed by atoms with Crippen molar-refractivity contribution in [1.82, 2.24) is 0 Å². The maximum Gasteiger partial charge on any atom is 0.236 e. The molecule has 0 N–H and O–H groups in total. The molecule has 2 aromatic carbocycles. The van der Waals surface area contributed by atoms with E-state index in [2.05, 4.69) is 24.3 Å². The fourth-order valence-corrected chi connectivity index (χ4v) is 4.51. The standard InChI is InChI=1S/C22H25NO2/c1-25-19-14-12-16(13-15-19)20-21(17-8-4-2-5-9-17)23(22(20)24)18-10-6-3-7-11-18/h3,6-7,10-15,17,20-21H,2,4-5,8-9H2,1H3/t20-,21+/m1/s1. The largest absolute Gasteiger partial charge is 0.497 e. The predicted octanol–water partition coefficient (Wildman–Crippen LogP) is 4.77. The topological polar surface area (TPSA) is 29.5 Å². The zero-order valence-electron chi connectivity index (χ0n) is 14.7. The van der Waals surface area contributed by atoms with Gasteiger partial charge in [-0.1, -0.05) is 49.6 Å². The number of carbonyl (C=O) groups excluding carboxylic acids is 1. The normalized spacial score (nSPS) is 24.0. The van der Waals surface area contributed by atoms with Crippen LogP contribution in [0.5, 0.6) is 5.75 Å². The Morgan fingerprint density at radius 3 is 2.24 bits per heavy atom. The summed E-state index contributed by atoms with van der Waals surface area (Å²) in [7, 11) is 1.67. The molecule has 2 aromatic rings. The van der Waals surface area contributed by atoms with Crippen LogP contribution in [0.15, 0.2) is 54.6 Å². The molecule has 25 heavy (non-hydrogen) atoms. The third-order valence-electron chi connectivity index (χ3n) is 5.79. The highest BCUT2D eigenvalue weighted by molar-refractivity contribution is 6.06. The Kier molecular flexibility index (Phi) is 4.48. The van der Waals surface area contributed by atoms with Crippen molar-refractivity contribution >= 4 is 11.6 Å². The summed E-state index contributed by atoms with van der Waals surface area (Å²) >= 11 is 0. The minimum absolute atomic E-state index is 0.0192. The zero-order valence-corrected chi connectivity index (χ0v) is 14.7. The van der Waals surface area contributed by atoms with Gasteiger partial charge in [0, 0.05) is 5.69 Å². The fraction of sp³-hybridized carbons (Fsp3) is 0.409. The number of amides is 1. The van der Waals surface area contributed by atoms with E-state index in [1.54, 1.807) is 7.11 Å². The van der Waals surface area contributed by atoms with Gasteiger partial charge < -0.3 is 9.64 Å². The molecule has 1 heterocycles. The maximum absolute atomic E-state index is 13.1. The Labute approximate surface area is 149 Å². The summed E-state index contributed by atoms with van der Waals surface area (Å²) in [6.07, 6.45) is 6.36. The number of nitrogens with zero attached hydrogens (tertiary/aromatic N) is 1. The molecule has 1 saturated carbocycles. The number of anilines is 1. The summed E-state index contributed by atoms with van der Waals surface area (Å²) in [5, 5.41) is 0. The van der Waals surface area contributed by atoms with Gasteiger partial charge in [-0.05, 0) is 48.6 Å². The van der Waals surface area contributed by atoms with Gasteiger partial charge >= 0.3 is 0 Å². The SMILES string of the molecule is COc1ccc([C@H]2C(=O)N(c3ccccc3)[C@H]2C2CCCCC2)cc1. The minimum Gasteiger partial charge on any atom is -0.497 e. The van der Waals surface area contributed by atoms with Crippen LogP contribution < -0.4 is 9.64 Å². The van der Waals surface area contributed by atoms with E-state index in [4.69, 9.17) is 4.74 Å². The van der Waals surface area contributed by atoms with E-state index in [1.807, 2.05) is 35.2 Å². The minimum atomic E-state index is -0.0192. The first-order chi connectivity index (χ1) is 12.3. The highest BCUT2D eigenvalue weighted by Crippen LogP contribution is 2.46. The first kappa shape index (κ1) is 16.2. The van der Waals surface area contributed by atoms with E-state index in [1.165, 1.54) is 32.1 Å². The van der Waals surface area contributed by atoms with Gasteiger partial charge in [-0.15, -0.1) is 0 Å². The van der Waals surface area contributed by atoms with Gasteiger partial charge in [-0.2, -0.15) is 0 Å². The molecule has 1 aliphatic carbocycles. The van der Waals surface area contributed by atoms with E-state index in [0.29, 0.717) is 5.92 Å². The van der Waals surface area contributed by atoms with Crippen molar-refractivity contribution in [3.8, 4) is 5.75 Å². The second-order valence-corrected chi connectivity index (χ2v) is 7.18. The number of β-lactam (4-membered cyclic amide) rings is 1. The van der Waals surface area contributed by atoms with Crippen LogP contribution in [0.25, 0.3) is 0 Å². The molecule has 1 aliphatic heterocycles. The van der Waals surface area contributed by atoms with Crippen molar-refractivity contribution in [1.29, 1.82) is 0 Å². The lowest BCUT2D eigenvalue weighted by atomic mass is 9.70. The summed E-state index contributed by atoms with van der Waals surface area (Å²) in [6.45, 7) is 0. The van der Waals surface area contributed by atoms with Crippen LogP contribution in [0.1, 0.15) is 43.6 Å². The van der Waals surface area contributed by atoms with Crippen molar-refractivity contribution in [2.75, 3.05) is 12.0 Å². The van der Waals surface area contributed by atoms with Gasteiger partial charge in [0.05, 0.1) is 19.1 Å². The number of hydrogen-bond acceptors (Lipinski definition) is 2. The molecule has 2 aliphatic rings. The van der Waals surface area contributed by atoms with Gasteiger partial charge in [0.25, 0.3) is 0 Å². The molecule has 2 fully saturated rings. The lowest BCUT2D eigenvalue weighted by Crippen LogP contribution is -2.63. The molecule has 1 saturated heterocycles. The number of benzene rings is 2. The number of rotatable bonds is 4. The average molecular weight is 335 g/mol. The zero-order chi connectivity index (χ0) is 17.2. The molecule has 3 heteroatoms. The molecule has 130 valence electrons. The van der Waals surface area contributed by atoms with Crippen LogP contribution in [-0.4, -0.2) is 19.1 Å². The lowest BCUT2D eigenvalue weighted by molar-refractivity contribution is -0.127. The summed E-state index contributed by atoms with van der Waals surface area (Å²) in [5.74, 6) is 1.64. The van der Waals surface area contributed by atoms with E-state index < -0.39 is 0 Å². The third kappa shape index (κ3) is 2.92. The molecule has 3 nitrogen and oxygen atoms in total. The van der Waals surface area contributed by atoms with Gasteiger partial charge in [0.1, 0.15) is 5.75 Å².